The number of hydrogen-bond acceptors (Lipinski definition) is 3. The lowest BCUT2D eigenvalue weighted by Crippen LogP contribution is -2.34. The maximum absolute atomic E-state index is 12.2. The first-order chi connectivity index (χ1) is 12.7. The van der Waals surface area contributed by atoms with Crippen LogP contribution in [0.4, 0.5) is 0 Å². The quantitative estimate of drug-likeness (QED) is 0.590. The molecule has 0 fully saturated rings. The van der Waals surface area contributed by atoms with Gasteiger partial charge in [0.25, 0.3) is 0 Å². The van der Waals surface area contributed by atoms with Crippen molar-refractivity contribution < 1.29 is 9.53 Å². The van der Waals surface area contributed by atoms with Gasteiger partial charge in [-0.25, -0.2) is 0 Å². The molecule has 0 heterocycles. The number of fused-ring (bicyclic) bond motifs is 1. The molecule has 0 saturated carbocycles. The van der Waals surface area contributed by atoms with Gasteiger partial charge in [-0.1, -0.05) is 60.7 Å². The normalized spacial score (nSPS) is 11.9. The SMILES string of the molecule is CC(SCc1ccccc1)C(=O)NCCOc1ccc2ccccc2c1. The molecule has 4 heteroatoms. The van der Waals surface area contributed by atoms with E-state index in [4.69, 9.17) is 4.74 Å². The first kappa shape index (κ1) is 18.3. The summed E-state index contributed by atoms with van der Waals surface area (Å²) in [5, 5.41) is 5.20. The Kier molecular flexibility index (Phi) is 6.56. The molecular formula is C22H23NO2S. The van der Waals surface area contributed by atoms with Crippen LogP contribution < -0.4 is 10.1 Å². The summed E-state index contributed by atoms with van der Waals surface area (Å²) in [6, 6.07) is 24.4. The van der Waals surface area contributed by atoms with Gasteiger partial charge in [-0.2, -0.15) is 0 Å². The maximum Gasteiger partial charge on any atom is 0.232 e. The second-order valence-corrected chi connectivity index (χ2v) is 7.42. The number of amides is 1. The Bertz CT molecular complexity index is 851. The lowest BCUT2D eigenvalue weighted by atomic mass is 10.1. The highest BCUT2D eigenvalue weighted by Crippen LogP contribution is 2.20. The smallest absolute Gasteiger partial charge is 0.232 e. The summed E-state index contributed by atoms with van der Waals surface area (Å²) in [5.41, 5.74) is 1.23. The predicted molar refractivity (Wildman–Crippen MR) is 110 cm³/mol. The Morgan fingerprint density at radius 1 is 1.00 bits per heavy atom. The summed E-state index contributed by atoms with van der Waals surface area (Å²) in [5.74, 6) is 1.71. The van der Waals surface area contributed by atoms with Crippen molar-refractivity contribution in [3.05, 3.63) is 78.4 Å². The number of benzene rings is 3. The number of thioether (sulfide) groups is 1. The van der Waals surface area contributed by atoms with Crippen molar-refractivity contribution in [2.75, 3.05) is 13.2 Å². The number of nitrogens with one attached hydrogen (secondary N) is 1. The average molecular weight is 365 g/mol. The Hall–Kier alpha value is -2.46. The zero-order valence-corrected chi connectivity index (χ0v) is 15.7. The number of carbonyl (C=O) groups excluding carboxylic acids is 1. The largest absolute Gasteiger partial charge is 0.492 e. The Morgan fingerprint density at radius 3 is 2.54 bits per heavy atom. The van der Waals surface area contributed by atoms with E-state index in [-0.39, 0.29) is 11.2 Å². The first-order valence-electron chi connectivity index (χ1n) is 8.77. The Labute approximate surface area is 158 Å². The molecule has 3 nitrogen and oxygen atoms in total. The first-order valence-corrected chi connectivity index (χ1v) is 9.82. The van der Waals surface area contributed by atoms with Crippen LogP contribution in [0.15, 0.2) is 72.8 Å². The van der Waals surface area contributed by atoms with Gasteiger partial charge in [-0.15, -0.1) is 11.8 Å². The monoisotopic (exact) mass is 365 g/mol. The van der Waals surface area contributed by atoms with E-state index in [1.807, 2.05) is 55.5 Å². The minimum Gasteiger partial charge on any atom is -0.492 e. The van der Waals surface area contributed by atoms with Crippen LogP contribution in [0.5, 0.6) is 5.75 Å². The van der Waals surface area contributed by atoms with Crippen LogP contribution in [0.1, 0.15) is 12.5 Å². The number of rotatable bonds is 8. The van der Waals surface area contributed by atoms with Crippen molar-refractivity contribution in [3.63, 3.8) is 0 Å². The topological polar surface area (TPSA) is 38.3 Å². The van der Waals surface area contributed by atoms with Crippen LogP contribution in [0.2, 0.25) is 0 Å². The van der Waals surface area contributed by atoms with E-state index in [0.29, 0.717) is 13.2 Å². The molecule has 1 amide bonds. The number of ether oxygens (including phenoxy) is 1. The van der Waals surface area contributed by atoms with Crippen molar-refractivity contribution in [3.8, 4) is 5.75 Å². The van der Waals surface area contributed by atoms with Gasteiger partial charge in [0, 0.05) is 5.75 Å². The Balaban J connectivity index is 1.38. The van der Waals surface area contributed by atoms with Gasteiger partial charge in [0.2, 0.25) is 5.91 Å². The van der Waals surface area contributed by atoms with Crippen molar-refractivity contribution >= 4 is 28.4 Å². The molecular weight excluding hydrogens is 342 g/mol. The molecule has 26 heavy (non-hydrogen) atoms. The molecule has 0 radical (unpaired) electrons. The van der Waals surface area contributed by atoms with Crippen molar-refractivity contribution in [2.24, 2.45) is 0 Å². The highest BCUT2D eigenvalue weighted by Gasteiger charge is 2.12. The Morgan fingerprint density at radius 2 is 1.73 bits per heavy atom. The lowest BCUT2D eigenvalue weighted by Gasteiger charge is -2.13. The summed E-state index contributed by atoms with van der Waals surface area (Å²) < 4.78 is 5.75. The molecule has 3 aromatic rings. The molecule has 1 N–H and O–H groups in total. The van der Waals surface area contributed by atoms with Gasteiger partial charge in [0.05, 0.1) is 11.8 Å². The van der Waals surface area contributed by atoms with Gasteiger partial charge in [-0.3, -0.25) is 4.79 Å². The molecule has 0 aliphatic carbocycles. The molecule has 1 unspecified atom stereocenters. The van der Waals surface area contributed by atoms with Crippen molar-refractivity contribution in [1.82, 2.24) is 5.32 Å². The van der Waals surface area contributed by atoms with Gasteiger partial charge in [0.15, 0.2) is 0 Å². The van der Waals surface area contributed by atoms with Gasteiger partial charge >= 0.3 is 0 Å². The van der Waals surface area contributed by atoms with Crippen LogP contribution in [-0.4, -0.2) is 24.3 Å². The van der Waals surface area contributed by atoms with Crippen LogP contribution in [0.3, 0.4) is 0 Å². The van der Waals surface area contributed by atoms with Gasteiger partial charge < -0.3 is 10.1 Å². The van der Waals surface area contributed by atoms with Crippen LogP contribution in [0.25, 0.3) is 10.8 Å². The molecule has 0 aliphatic rings. The zero-order chi connectivity index (χ0) is 18.2. The van der Waals surface area contributed by atoms with E-state index in [9.17, 15) is 4.79 Å². The van der Waals surface area contributed by atoms with Gasteiger partial charge in [0.1, 0.15) is 12.4 Å². The van der Waals surface area contributed by atoms with Crippen LogP contribution in [0, 0.1) is 0 Å². The van der Waals surface area contributed by atoms with Crippen LogP contribution in [-0.2, 0) is 10.5 Å². The fourth-order valence-corrected chi connectivity index (χ4v) is 3.48. The highest BCUT2D eigenvalue weighted by molar-refractivity contribution is 7.99. The number of hydrogen-bond donors (Lipinski definition) is 1. The van der Waals surface area contributed by atoms with E-state index in [0.717, 1.165) is 16.9 Å². The maximum atomic E-state index is 12.2. The van der Waals surface area contributed by atoms with E-state index in [1.54, 1.807) is 11.8 Å². The predicted octanol–water partition coefficient (Wildman–Crippen LogP) is 4.66. The van der Waals surface area contributed by atoms with E-state index in [1.165, 1.54) is 10.9 Å². The summed E-state index contributed by atoms with van der Waals surface area (Å²) in [4.78, 5) is 12.2. The number of carbonyl (C=O) groups is 1. The minimum absolute atomic E-state index is 0.0491. The molecule has 3 rings (SSSR count). The highest BCUT2D eigenvalue weighted by atomic mass is 32.2. The summed E-state index contributed by atoms with van der Waals surface area (Å²) >= 11 is 1.64. The summed E-state index contributed by atoms with van der Waals surface area (Å²) in [7, 11) is 0. The third-order valence-electron chi connectivity index (χ3n) is 4.10. The summed E-state index contributed by atoms with van der Waals surface area (Å²) in [6.45, 7) is 2.90. The zero-order valence-electron chi connectivity index (χ0n) is 14.9. The second-order valence-electron chi connectivity index (χ2n) is 6.09. The molecule has 0 spiro atoms. The van der Waals surface area contributed by atoms with E-state index >= 15 is 0 Å². The van der Waals surface area contributed by atoms with Crippen molar-refractivity contribution in [2.45, 2.75) is 17.9 Å². The molecule has 0 aliphatic heterocycles. The molecule has 0 aromatic heterocycles. The van der Waals surface area contributed by atoms with E-state index < -0.39 is 0 Å². The molecule has 1 atom stereocenters. The van der Waals surface area contributed by atoms with Crippen molar-refractivity contribution in [1.29, 1.82) is 0 Å². The average Bonchev–Trinajstić information content (AvgIpc) is 2.70. The van der Waals surface area contributed by atoms with Gasteiger partial charge in [-0.05, 0) is 35.4 Å². The minimum atomic E-state index is -0.0872. The lowest BCUT2D eigenvalue weighted by molar-refractivity contribution is -0.120. The van der Waals surface area contributed by atoms with E-state index in [2.05, 4.69) is 29.6 Å². The standard InChI is InChI=1S/C22H23NO2S/c1-17(26-16-18-7-3-2-4-8-18)22(24)23-13-14-25-21-12-11-19-9-5-6-10-20(19)15-21/h2-12,15,17H,13-14,16H2,1H3,(H,23,24). The molecule has 134 valence electrons. The summed E-state index contributed by atoms with van der Waals surface area (Å²) in [6.07, 6.45) is 0. The fraction of sp³-hybridized carbons (Fsp3) is 0.227. The van der Waals surface area contributed by atoms with Crippen LogP contribution >= 0.6 is 11.8 Å². The third kappa shape index (κ3) is 5.27. The third-order valence-corrected chi connectivity index (χ3v) is 5.32. The molecule has 0 bridgehead atoms. The second kappa shape index (κ2) is 9.30. The molecule has 3 aromatic carbocycles. The fourth-order valence-electron chi connectivity index (χ4n) is 2.62. The molecule has 0 saturated heterocycles.